The molecule has 0 rings (SSSR count). The first-order valence-corrected chi connectivity index (χ1v) is 5.49. The highest BCUT2D eigenvalue weighted by Gasteiger charge is 2.17. The van der Waals surface area contributed by atoms with Crippen LogP contribution in [-0.2, 0) is 9.59 Å². The Bertz CT molecular complexity index is 246. The quantitative estimate of drug-likeness (QED) is 0.704. The lowest BCUT2D eigenvalue weighted by atomic mass is 10.1. The van der Waals surface area contributed by atoms with E-state index >= 15 is 0 Å². The van der Waals surface area contributed by atoms with E-state index in [9.17, 15) is 9.59 Å². The zero-order valence-electron chi connectivity index (χ0n) is 10.5. The molecule has 5 heteroatoms. The van der Waals surface area contributed by atoms with Gasteiger partial charge in [0.05, 0.1) is 13.1 Å². The van der Waals surface area contributed by atoms with Gasteiger partial charge in [0.1, 0.15) is 0 Å². The second-order valence-electron chi connectivity index (χ2n) is 4.90. The molecule has 0 aliphatic rings. The highest BCUT2D eigenvalue weighted by Crippen LogP contribution is 1.99. The second kappa shape index (κ2) is 6.48. The van der Waals surface area contributed by atoms with Gasteiger partial charge in [-0.25, -0.2) is 0 Å². The summed E-state index contributed by atoms with van der Waals surface area (Å²) in [5.74, 6) is -1.04. The molecule has 0 aliphatic heterocycles. The van der Waals surface area contributed by atoms with Crippen molar-refractivity contribution in [2.45, 2.75) is 39.7 Å². The van der Waals surface area contributed by atoms with Crippen molar-refractivity contribution in [1.82, 2.24) is 10.2 Å². The van der Waals surface area contributed by atoms with Gasteiger partial charge < -0.3 is 10.4 Å². The Kier molecular flexibility index (Phi) is 6.03. The lowest BCUT2D eigenvalue weighted by Crippen LogP contribution is -2.47. The van der Waals surface area contributed by atoms with Gasteiger partial charge in [-0.05, 0) is 33.7 Å². The first kappa shape index (κ1) is 14.9. The first-order valence-electron chi connectivity index (χ1n) is 5.49. The Labute approximate surface area is 96.8 Å². The van der Waals surface area contributed by atoms with Crippen LogP contribution < -0.4 is 5.32 Å². The molecule has 1 amide bonds. The molecule has 0 aromatic rings. The van der Waals surface area contributed by atoms with Crippen molar-refractivity contribution in [2.75, 3.05) is 19.6 Å². The van der Waals surface area contributed by atoms with Crippen LogP contribution >= 0.6 is 0 Å². The third kappa shape index (κ3) is 8.23. The number of carboxylic acids is 1. The molecule has 0 spiro atoms. The van der Waals surface area contributed by atoms with Crippen LogP contribution in [0.3, 0.4) is 0 Å². The smallest absolute Gasteiger partial charge is 0.317 e. The maximum absolute atomic E-state index is 11.6. The SMILES string of the molecule is CCCN(CC(=O)O)CC(=O)NC(C)(C)C. The molecular weight excluding hydrogens is 208 g/mol. The monoisotopic (exact) mass is 230 g/mol. The maximum Gasteiger partial charge on any atom is 0.317 e. The van der Waals surface area contributed by atoms with E-state index in [1.807, 2.05) is 27.7 Å². The predicted octanol–water partition coefficient (Wildman–Crippen LogP) is 0.698. The molecule has 0 bridgehead atoms. The minimum absolute atomic E-state index is 0.0919. The van der Waals surface area contributed by atoms with Crippen molar-refractivity contribution < 1.29 is 14.7 Å². The molecule has 0 fully saturated rings. The van der Waals surface area contributed by atoms with Crippen LogP contribution in [0.25, 0.3) is 0 Å². The van der Waals surface area contributed by atoms with Gasteiger partial charge in [-0.1, -0.05) is 6.92 Å². The Morgan fingerprint density at radius 3 is 2.19 bits per heavy atom. The minimum atomic E-state index is -0.906. The van der Waals surface area contributed by atoms with Gasteiger partial charge in [0.2, 0.25) is 5.91 Å². The van der Waals surface area contributed by atoms with E-state index in [0.717, 1.165) is 6.42 Å². The Morgan fingerprint density at radius 1 is 1.25 bits per heavy atom. The van der Waals surface area contributed by atoms with Gasteiger partial charge in [-0.15, -0.1) is 0 Å². The number of carbonyl (C=O) groups is 2. The van der Waals surface area contributed by atoms with Crippen molar-refractivity contribution in [2.24, 2.45) is 0 Å². The minimum Gasteiger partial charge on any atom is -0.480 e. The van der Waals surface area contributed by atoms with Gasteiger partial charge in [-0.3, -0.25) is 14.5 Å². The van der Waals surface area contributed by atoms with E-state index < -0.39 is 5.97 Å². The number of nitrogens with one attached hydrogen (secondary N) is 1. The normalized spacial score (nSPS) is 11.6. The molecule has 94 valence electrons. The summed E-state index contributed by atoms with van der Waals surface area (Å²) < 4.78 is 0. The third-order valence-corrected chi connectivity index (χ3v) is 1.78. The summed E-state index contributed by atoms with van der Waals surface area (Å²) in [6.07, 6.45) is 0.829. The second-order valence-corrected chi connectivity index (χ2v) is 4.90. The summed E-state index contributed by atoms with van der Waals surface area (Å²) in [6.45, 7) is 8.30. The molecule has 0 aromatic carbocycles. The van der Waals surface area contributed by atoms with E-state index in [4.69, 9.17) is 5.11 Å². The summed E-state index contributed by atoms with van der Waals surface area (Å²) >= 11 is 0. The first-order chi connectivity index (χ1) is 7.24. The largest absolute Gasteiger partial charge is 0.480 e. The molecule has 0 atom stereocenters. The molecule has 0 heterocycles. The number of carboxylic acid groups (broad SMARTS) is 1. The fourth-order valence-corrected chi connectivity index (χ4v) is 1.38. The average molecular weight is 230 g/mol. The van der Waals surface area contributed by atoms with Crippen LogP contribution in [0.4, 0.5) is 0 Å². The predicted molar refractivity (Wildman–Crippen MR) is 62.3 cm³/mol. The Hall–Kier alpha value is -1.10. The summed E-state index contributed by atoms with van der Waals surface area (Å²) in [5.41, 5.74) is -0.280. The number of nitrogens with zero attached hydrogens (tertiary/aromatic N) is 1. The van der Waals surface area contributed by atoms with Crippen molar-refractivity contribution in [3.63, 3.8) is 0 Å². The number of rotatable bonds is 6. The molecule has 0 aliphatic carbocycles. The van der Waals surface area contributed by atoms with Crippen LogP contribution in [0.15, 0.2) is 0 Å². The fourth-order valence-electron chi connectivity index (χ4n) is 1.38. The van der Waals surface area contributed by atoms with Crippen LogP contribution in [0, 0.1) is 0 Å². The number of amides is 1. The van der Waals surface area contributed by atoms with Crippen LogP contribution in [-0.4, -0.2) is 47.1 Å². The molecule has 0 aromatic heterocycles. The molecular formula is C11H22N2O3. The van der Waals surface area contributed by atoms with Gasteiger partial charge in [0, 0.05) is 5.54 Å². The zero-order valence-corrected chi connectivity index (χ0v) is 10.5. The summed E-state index contributed by atoms with van der Waals surface area (Å²) in [5, 5.41) is 11.5. The summed E-state index contributed by atoms with van der Waals surface area (Å²) in [6, 6.07) is 0. The van der Waals surface area contributed by atoms with Crippen LogP contribution in [0.1, 0.15) is 34.1 Å². The lowest BCUT2D eigenvalue weighted by molar-refractivity contribution is -0.138. The van der Waals surface area contributed by atoms with E-state index in [1.54, 1.807) is 4.90 Å². The number of hydrogen-bond acceptors (Lipinski definition) is 3. The summed E-state index contributed by atoms with van der Waals surface area (Å²) in [7, 11) is 0. The average Bonchev–Trinajstić information content (AvgIpc) is 1.98. The molecule has 16 heavy (non-hydrogen) atoms. The maximum atomic E-state index is 11.6. The molecule has 0 unspecified atom stereocenters. The van der Waals surface area contributed by atoms with Crippen molar-refractivity contribution in [3.05, 3.63) is 0 Å². The number of aliphatic carboxylic acids is 1. The van der Waals surface area contributed by atoms with Gasteiger partial charge in [0.25, 0.3) is 0 Å². The van der Waals surface area contributed by atoms with E-state index in [1.165, 1.54) is 0 Å². The molecule has 0 saturated carbocycles. The van der Waals surface area contributed by atoms with Gasteiger partial charge >= 0.3 is 5.97 Å². The molecule has 0 radical (unpaired) electrons. The zero-order chi connectivity index (χ0) is 12.8. The molecule has 2 N–H and O–H groups in total. The van der Waals surface area contributed by atoms with Gasteiger partial charge in [-0.2, -0.15) is 0 Å². The Balaban J connectivity index is 4.17. The number of hydrogen-bond donors (Lipinski definition) is 2. The molecule has 0 saturated heterocycles. The van der Waals surface area contributed by atoms with E-state index in [-0.39, 0.29) is 24.5 Å². The van der Waals surface area contributed by atoms with Crippen molar-refractivity contribution in [1.29, 1.82) is 0 Å². The summed E-state index contributed by atoms with van der Waals surface area (Å²) in [4.78, 5) is 23.8. The van der Waals surface area contributed by atoms with Crippen LogP contribution in [0.5, 0.6) is 0 Å². The highest BCUT2D eigenvalue weighted by molar-refractivity contribution is 5.79. The Morgan fingerprint density at radius 2 is 1.81 bits per heavy atom. The molecule has 5 nitrogen and oxygen atoms in total. The van der Waals surface area contributed by atoms with Crippen molar-refractivity contribution in [3.8, 4) is 0 Å². The third-order valence-electron chi connectivity index (χ3n) is 1.78. The lowest BCUT2D eigenvalue weighted by Gasteiger charge is -2.24. The van der Waals surface area contributed by atoms with E-state index in [0.29, 0.717) is 6.54 Å². The number of carbonyl (C=O) groups excluding carboxylic acids is 1. The van der Waals surface area contributed by atoms with Crippen molar-refractivity contribution >= 4 is 11.9 Å². The van der Waals surface area contributed by atoms with Gasteiger partial charge in [0.15, 0.2) is 0 Å². The fraction of sp³-hybridized carbons (Fsp3) is 0.818. The van der Waals surface area contributed by atoms with Crippen LogP contribution in [0.2, 0.25) is 0 Å². The van der Waals surface area contributed by atoms with E-state index in [2.05, 4.69) is 5.32 Å². The standard InChI is InChI=1S/C11H22N2O3/c1-5-6-13(8-10(15)16)7-9(14)12-11(2,3)4/h5-8H2,1-4H3,(H,12,14)(H,15,16). The topological polar surface area (TPSA) is 69.6 Å². The highest BCUT2D eigenvalue weighted by atomic mass is 16.4.